The Morgan fingerprint density at radius 3 is 2.70 bits per heavy atom. The zero-order valence-corrected chi connectivity index (χ0v) is 15.5. The fraction of sp³-hybridized carbons (Fsp3) is 0.368. The van der Waals surface area contributed by atoms with Crippen LogP contribution in [0.1, 0.15) is 25.7 Å². The summed E-state index contributed by atoms with van der Waals surface area (Å²) in [4.78, 5) is 24.8. The van der Waals surface area contributed by atoms with Crippen molar-refractivity contribution in [1.82, 2.24) is 20.3 Å². The van der Waals surface area contributed by atoms with Crippen molar-refractivity contribution in [3.05, 3.63) is 42.7 Å². The third-order valence-corrected chi connectivity index (χ3v) is 5.28. The lowest BCUT2D eigenvalue weighted by Crippen LogP contribution is -2.40. The predicted octanol–water partition coefficient (Wildman–Crippen LogP) is 3.22. The first-order valence-corrected chi connectivity index (χ1v) is 9.96. The van der Waals surface area contributed by atoms with Gasteiger partial charge in [-0.25, -0.2) is 15.0 Å². The molecule has 140 valence electrons. The van der Waals surface area contributed by atoms with Crippen molar-refractivity contribution in [2.24, 2.45) is 0 Å². The predicted molar refractivity (Wildman–Crippen MR) is 102 cm³/mol. The molecule has 0 saturated heterocycles. The maximum atomic E-state index is 12.2. The number of hydrogen-bond donors (Lipinski definition) is 1. The maximum Gasteiger partial charge on any atom is 0.316 e. The van der Waals surface area contributed by atoms with E-state index in [0.29, 0.717) is 17.0 Å². The van der Waals surface area contributed by atoms with Crippen LogP contribution in [0.4, 0.5) is 0 Å². The molecule has 27 heavy (non-hydrogen) atoms. The molecule has 0 spiro atoms. The monoisotopic (exact) mass is 384 g/mol. The summed E-state index contributed by atoms with van der Waals surface area (Å²) in [5, 5.41) is 3.61. The number of nitrogens with zero attached hydrogens (tertiary/aromatic N) is 3. The molecule has 0 aliphatic heterocycles. The van der Waals surface area contributed by atoms with Gasteiger partial charge in [0.15, 0.2) is 5.58 Å². The molecule has 2 heterocycles. The van der Waals surface area contributed by atoms with Crippen molar-refractivity contribution < 1.29 is 13.9 Å². The van der Waals surface area contributed by atoms with Gasteiger partial charge in [-0.15, -0.1) is 0 Å². The van der Waals surface area contributed by atoms with Gasteiger partial charge >= 0.3 is 6.01 Å². The Balaban J connectivity index is 1.20. The number of benzene rings is 1. The van der Waals surface area contributed by atoms with Gasteiger partial charge in [-0.2, -0.15) is 0 Å². The van der Waals surface area contributed by atoms with E-state index < -0.39 is 0 Å². The highest BCUT2D eigenvalue weighted by Crippen LogP contribution is 2.24. The number of thioether (sulfide) groups is 1. The Hall–Kier alpha value is -2.61. The van der Waals surface area contributed by atoms with E-state index in [0.717, 1.165) is 36.8 Å². The Kier molecular flexibility index (Phi) is 5.53. The smallest absolute Gasteiger partial charge is 0.316 e. The number of hydrogen-bond acceptors (Lipinski definition) is 7. The first-order valence-electron chi connectivity index (χ1n) is 8.98. The highest BCUT2D eigenvalue weighted by molar-refractivity contribution is 7.99. The minimum Gasteiger partial charge on any atom is -0.460 e. The number of nitrogens with one attached hydrogen (secondary N) is 1. The van der Waals surface area contributed by atoms with Crippen LogP contribution >= 0.6 is 11.8 Å². The summed E-state index contributed by atoms with van der Waals surface area (Å²) >= 11 is 1.31. The van der Waals surface area contributed by atoms with Gasteiger partial charge < -0.3 is 14.5 Å². The Morgan fingerprint density at radius 2 is 1.93 bits per heavy atom. The molecule has 1 aliphatic rings. The van der Waals surface area contributed by atoms with Gasteiger partial charge in [0, 0.05) is 18.4 Å². The number of amides is 1. The number of oxazole rings is 1. The number of rotatable bonds is 6. The van der Waals surface area contributed by atoms with Gasteiger partial charge in [0.2, 0.25) is 5.91 Å². The van der Waals surface area contributed by atoms with Crippen LogP contribution in [-0.4, -0.2) is 38.8 Å². The van der Waals surface area contributed by atoms with Crippen LogP contribution in [0.2, 0.25) is 0 Å². The number of fused-ring (bicyclic) bond motifs is 1. The van der Waals surface area contributed by atoms with Gasteiger partial charge in [-0.05, 0) is 43.9 Å². The second-order valence-corrected chi connectivity index (χ2v) is 7.35. The minimum absolute atomic E-state index is 0.00184. The normalized spacial score (nSPS) is 19.7. The summed E-state index contributed by atoms with van der Waals surface area (Å²) in [6, 6.07) is 9.93. The molecule has 1 amide bonds. The van der Waals surface area contributed by atoms with Crippen LogP contribution in [0.3, 0.4) is 0 Å². The summed E-state index contributed by atoms with van der Waals surface area (Å²) in [5.41, 5.74) is 1.54. The average Bonchev–Trinajstić information content (AvgIpc) is 3.12. The second kappa shape index (κ2) is 8.39. The lowest BCUT2D eigenvalue weighted by Gasteiger charge is -2.28. The molecule has 2 aromatic heterocycles. The van der Waals surface area contributed by atoms with Crippen LogP contribution in [0.15, 0.2) is 52.4 Å². The molecular formula is C19H20N4O3S. The maximum absolute atomic E-state index is 12.2. The molecule has 1 saturated carbocycles. The average molecular weight is 384 g/mol. The molecule has 1 N–H and O–H groups in total. The van der Waals surface area contributed by atoms with Crippen LogP contribution < -0.4 is 10.1 Å². The molecule has 0 bridgehead atoms. The molecule has 7 nitrogen and oxygen atoms in total. The van der Waals surface area contributed by atoms with Crippen molar-refractivity contribution in [3.63, 3.8) is 0 Å². The number of carbonyl (C=O) groups excluding carboxylic acids is 1. The van der Waals surface area contributed by atoms with E-state index in [2.05, 4.69) is 20.3 Å². The quantitative estimate of drug-likeness (QED) is 0.653. The second-order valence-electron chi connectivity index (χ2n) is 6.43. The molecule has 4 rings (SSSR count). The van der Waals surface area contributed by atoms with Gasteiger partial charge in [0.25, 0.3) is 5.22 Å². The van der Waals surface area contributed by atoms with Gasteiger partial charge in [0.05, 0.1) is 5.75 Å². The van der Waals surface area contributed by atoms with Crippen molar-refractivity contribution in [2.75, 3.05) is 5.75 Å². The van der Waals surface area contributed by atoms with Crippen LogP contribution in [-0.2, 0) is 4.79 Å². The van der Waals surface area contributed by atoms with E-state index in [1.807, 2.05) is 24.3 Å². The topological polar surface area (TPSA) is 90.1 Å². The lowest BCUT2D eigenvalue weighted by atomic mass is 9.93. The number of para-hydroxylation sites is 2. The first-order chi connectivity index (χ1) is 13.3. The van der Waals surface area contributed by atoms with Crippen molar-refractivity contribution >= 4 is 28.8 Å². The van der Waals surface area contributed by atoms with Gasteiger partial charge in [0.1, 0.15) is 11.6 Å². The third-order valence-electron chi connectivity index (χ3n) is 4.45. The Morgan fingerprint density at radius 1 is 1.15 bits per heavy atom. The number of aromatic nitrogens is 3. The fourth-order valence-electron chi connectivity index (χ4n) is 3.13. The standard InChI is InChI=1S/C19H20N4O3S/c24-17(12-27-19-23-15-4-1-2-5-16(15)26-19)22-13-6-8-14(9-7-13)25-18-20-10-3-11-21-18/h1-5,10-11,13-14H,6-9,12H2,(H,22,24). The molecule has 1 aromatic carbocycles. The van der Waals surface area contributed by atoms with Crippen molar-refractivity contribution in [2.45, 2.75) is 43.1 Å². The van der Waals surface area contributed by atoms with Gasteiger partial charge in [-0.1, -0.05) is 23.9 Å². The molecule has 3 aromatic rings. The highest BCUT2D eigenvalue weighted by Gasteiger charge is 2.24. The number of carbonyl (C=O) groups is 1. The minimum atomic E-state index is -0.00184. The Bertz CT molecular complexity index is 861. The molecular weight excluding hydrogens is 364 g/mol. The largest absolute Gasteiger partial charge is 0.460 e. The summed E-state index contributed by atoms with van der Waals surface area (Å²) in [5.74, 6) is 0.291. The third kappa shape index (κ3) is 4.77. The zero-order chi connectivity index (χ0) is 18.5. The van der Waals surface area contributed by atoms with E-state index in [1.165, 1.54) is 11.8 Å². The Labute approximate surface area is 160 Å². The van der Waals surface area contributed by atoms with E-state index >= 15 is 0 Å². The fourth-order valence-corrected chi connectivity index (χ4v) is 3.78. The van der Waals surface area contributed by atoms with E-state index in [4.69, 9.17) is 9.15 Å². The van der Waals surface area contributed by atoms with Crippen molar-refractivity contribution in [3.8, 4) is 6.01 Å². The molecule has 1 aliphatic carbocycles. The summed E-state index contributed by atoms with van der Waals surface area (Å²) in [7, 11) is 0. The molecule has 0 unspecified atom stereocenters. The highest BCUT2D eigenvalue weighted by atomic mass is 32.2. The van der Waals surface area contributed by atoms with Crippen LogP contribution in [0.5, 0.6) is 6.01 Å². The molecule has 0 radical (unpaired) electrons. The first kappa shape index (κ1) is 17.8. The molecule has 1 fully saturated rings. The van der Waals surface area contributed by atoms with Gasteiger partial charge in [-0.3, -0.25) is 4.79 Å². The molecule has 8 heteroatoms. The van der Waals surface area contributed by atoms with E-state index in [1.54, 1.807) is 18.5 Å². The van der Waals surface area contributed by atoms with E-state index in [-0.39, 0.29) is 18.1 Å². The summed E-state index contributed by atoms with van der Waals surface area (Å²) in [6.07, 6.45) is 6.97. The van der Waals surface area contributed by atoms with Crippen LogP contribution in [0, 0.1) is 0 Å². The van der Waals surface area contributed by atoms with Crippen molar-refractivity contribution in [1.29, 1.82) is 0 Å². The van der Waals surface area contributed by atoms with E-state index in [9.17, 15) is 4.79 Å². The lowest BCUT2D eigenvalue weighted by molar-refractivity contribution is -0.119. The zero-order valence-electron chi connectivity index (χ0n) is 14.7. The number of ether oxygens (including phenoxy) is 1. The molecule has 0 atom stereocenters. The van der Waals surface area contributed by atoms with Crippen LogP contribution in [0.25, 0.3) is 11.1 Å². The summed E-state index contributed by atoms with van der Waals surface area (Å²) < 4.78 is 11.4. The SMILES string of the molecule is O=C(CSc1nc2ccccc2o1)NC1CCC(Oc2ncccn2)CC1. The summed E-state index contributed by atoms with van der Waals surface area (Å²) in [6.45, 7) is 0.